The molecule has 1 nitrogen and oxygen atoms in total. The summed E-state index contributed by atoms with van der Waals surface area (Å²) in [6.45, 7) is 1.81. The standard InChI is InChI=1S/C7H8O.Rb/c1-6-4-2-3-5-7(6)8;/h2-5,8H,1H3;/q;+1/p-1. The molecule has 42 valence electrons. The number of para-hydroxylation sites is 1. The fourth-order valence-corrected chi connectivity index (χ4v) is 0.556. The third-order valence-electron chi connectivity index (χ3n) is 1.09. The zero-order valence-electron chi connectivity index (χ0n) is 5.72. The van der Waals surface area contributed by atoms with Gasteiger partial charge >= 0.3 is 58.2 Å². The summed E-state index contributed by atoms with van der Waals surface area (Å²) in [6, 6.07) is 6.98. The molecule has 0 saturated heterocycles. The Balaban J connectivity index is 0.000000640. The maximum absolute atomic E-state index is 10.6. The van der Waals surface area contributed by atoms with Crippen LogP contribution in [0.25, 0.3) is 0 Å². The molecule has 0 spiro atoms. The van der Waals surface area contributed by atoms with Gasteiger partial charge in [0, 0.05) is 0 Å². The van der Waals surface area contributed by atoms with E-state index < -0.39 is 0 Å². The van der Waals surface area contributed by atoms with E-state index in [1.54, 1.807) is 12.1 Å². The van der Waals surface area contributed by atoms with Gasteiger partial charge in [0.15, 0.2) is 0 Å². The zero-order chi connectivity index (χ0) is 5.98. The van der Waals surface area contributed by atoms with Crippen LogP contribution >= 0.6 is 0 Å². The van der Waals surface area contributed by atoms with Crippen molar-refractivity contribution in [3.8, 4) is 5.75 Å². The van der Waals surface area contributed by atoms with E-state index in [1.165, 1.54) is 0 Å². The number of hydrogen-bond donors (Lipinski definition) is 0. The van der Waals surface area contributed by atoms with E-state index in [9.17, 15) is 5.11 Å². The molecular formula is C7H7ORb. The van der Waals surface area contributed by atoms with Gasteiger partial charge in [-0.25, -0.2) is 0 Å². The normalized spacial score (nSPS) is 8.11. The molecule has 0 radical (unpaired) electrons. The molecule has 0 heterocycles. The van der Waals surface area contributed by atoms with Crippen molar-refractivity contribution in [2.24, 2.45) is 0 Å². The van der Waals surface area contributed by atoms with Gasteiger partial charge < -0.3 is 5.11 Å². The average molecular weight is 193 g/mol. The summed E-state index contributed by atoms with van der Waals surface area (Å²) >= 11 is 0. The van der Waals surface area contributed by atoms with Gasteiger partial charge in [-0.2, -0.15) is 0 Å². The fraction of sp³-hybridized carbons (Fsp3) is 0.143. The average Bonchev–Trinajstić information content (AvgIpc) is 1.77. The van der Waals surface area contributed by atoms with Crippen LogP contribution < -0.4 is 63.3 Å². The predicted molar refractivity (Wildman–Crippen MR) is 30.6 cm³/mol. The minimum absolute atomic E-state index is 0. The van der Waals surface area contributed by atoms with Crippen molar-refractivity contribution in [1.29, 1.82) is 0 Å². The van der Waals surface area contributed by atoms with E-state index in [-0.39, 0.29) is 63.9 Å². The van der Waals surface area contributed by atoms with Gasteiger partial charge in [-0.15, -0.1) is 5.75 Å². The topological polar surface area (TPSA) is 23.1 Å². The second-order valence-corrected chi connectivity index (χ2v) is 1.77. The van der Waals surface area contributed by atoms with Crippen molar-refractivity contribution in [2.75, 3.05) is 0 Å². The summed E-state index contributed by atoms with van der Waals surface area (Å²) in [7, 11) is 0. The van der Waals surface area contributed by atoms with Crippen LogP contribution in [0.4, 0.5) is 0 Å². The van der Waals surface area contributed by atoms with Gasteiger partial charge in [0.2, 0.25) is 0 Å². The third kappa shape index (κ3) is 2.94. The van der Waals surface area contributed by atoms with Crippen LogP contribution in [0, 0.1) is 6.92 Å². The smallest absolute Gasteiger partial charge is 0.872 e. The first-order valence-corrected chi connectivity index (χ1v) is 2.53. The van der Waals surface area contributed by atoms with Crippen molar-refractivity contribution in [3.63, 3.8) is 0 Å². The Hall–Kier alpha value is 0.825. The largest absolute Gasteiger partial charge is 1.00 e. The van der Waals surface area contributed by atoms with Crippen molar-refractivity contribution in [1.82, 2.24) is 0 Å². The quantitative estimate of drug-likeness (QED) is 0.470. The molecule has 0 unspecified atom stereocenters. The Morgan fingerprint density at radius 1 is 1.22 bits per heavy atom. The van der Waals surface area contributed by atoms with Crippen LogP contribution in [0.5, 0.6) is 5.75 Å². The summed E-state index contributed by atoms with van der Waals surface area (Å²) in [5.41, 5.74) is 0.813. The van der Waals surface area contributed by atoms with E-state index in [1.807, 2.05) is 19.1 Å². The van der Waals surface area contributed by atoms with Crippen molar-refractivity contribution in [2.45, 2.75) is 6.92 Å². The predicted octanol–water partition coefficient (Wildman–Crippen LogP) is -1.93. The maximum Gasteiger partial charge on any atom is 1.00 e. The molecule has 0 saturated carbocycles. The molecule has 2 heteroatoms. The zero-order valence-corrected chi connectivity index (χ0v) is 10.6. The molecule has 0 N–H and O–H groups in total. The van der Waals surface area contributed by atoms with Gasteiger partial charge in [0.25, 0.3) is 0 Å². The molecule has 0 aromatic heterocycles. The van der Waals surface area contributed by atoms with E-state index in [2.05, 4.69) is 0 Å². The van der Waals surface area contributed by atoms with Crippen molar-refractivity contribution < 1.29 is 63.3 Å². The van der Waals surface area contributed by atoms with Crippen molar-refractivity contribution in [3.05, 3.63) is 29.8 Å². The number of rotatable bonds is 0. The van der Waals surface area contributed by atoms with Crippen LogP contribution in [0.3, 0.4) is 0 Å². The number of benzene rings is 1. The molecule has 1 rings (SSSR count). The Bertz CT molecular complexity index is 165. The Labute approximate surface area is 104 Å². The van der Waals surface area contributed by atoms with E-state index in [4.69, 9.17) is 0 Å². The second kappa shape index (κ2) is 4.61. The minimum Gasteiger partial charge on any atom is -0.872 e. The molecule has 0 amide bonds. The summed E-state index contributed by atoms with van der Waals surface area (Å²) in [4.78, 5) is 0. The summed E-state index contributed by atoms with van der Waals surface area (Å²) in [5, 5.41) is 10.6. The Morgan fingerprint density at radius 2 is 1.78 bits per heavy atom. The second-order valence-electron chi connectivity index (χ2n) is 1.77. The molecule has 0 aliphatic heterocycles. The van der Waals surface area contributed by atoms with Crippen LogP contribution in [0.1, 0.15) is 5.56 Å². The number of aryl methyl sites for hydroxylation is 1. The SMILES string of the molecule is Cc1ccccc1[O-].[Rb+]. The monoisotopic (exact) mass is 192 g/mol. The fourth-order valence-electron chi connectivity index (χ4n) is 0.556. The molecule has 0 fully saturated rings. The molecule has 1 aromatic rings. The Kier molecular flexibility index (Phi) is 5.03. The molecular weight excluding hydrogens is 186 g/mol. The van der Waals surface area contributed by atoms with Crippen LogP contribution in [0.15, 0.2) is 24.3 Å². The van der Waals surface area contributed by atoms with E-state index in [0.29, 0.717) is 0 Å². The van der Waals surface area contributed by atoms with Gasteiger partial charge in [-0.3, -0.25) is 0 Å². The molecule has 9 heavy (non-hydrogen) atoms. The number of hydrogen-bond acceptors (Lipinski definition) is 1. The summed E-state index contributed by atoms with van der Waals surface area (Å²) in [5.74, 6) is 0.118. The first-order valence-electron chi connectivity index (χ1n) is 2.53. The van der Waals surface area contributed by atoms with Gasteiger partial charge in [0.1, 0.15) is 0 Å². The van der Waals surface area contributed by atoms with Gasteiger partial charge in [-0.05, 0) is 6.92 Å². The summed E-state index contributed by atoms with van der Waals surface area (Å²) < 4.78 is 0. The molecule has 0 aliphatic carbocycles. The van der Waals surface area contributed by atoms with Crippen molar-refractivity contribution >= 4 is 0 Å². The minimum atomic E-state index is 0. The van der Waals surface area contributed by atoms with Crippen LogP contribution in [0.2, 0.25) is 0 Å². The van der Waals surface area contributed by atoms with Crippen LogP contribution in [-0.2, 0) is 0 Å². The van der Waals surface area contributed by atoms with E-state index in [0.717, 1.165) is 5.56 Å². The maximum atomic E-state index is 10.6. The van der Waals surface area contributed by atoms with Gasteiger partial charge in [0.05, 0.1) is 0 Å². The first kappa shape index (κ1) is 9.83. The molecule has 0 atom stereocenters. The molecule has 1 aromatic carbocycles. The third-order valence-corrected chi connectivity index (χ3v) is 1.09. The summed E-state index contributed by atoms with van der Waals surface area (Å²) in [6.07, 6.45) is 0. The molecule has 0 aliphatic rings. The van der Waals surface area contributed by atoms with Crippen LogP contribution in [-0.4, -0.2) is 0 Å². The first-order chi connectivity index (χ1) is 3.80. The molecule has 0 bridgehead atoms. The Morgan fingerprint density at radius 3 is 2.11 bits per heavy atom. The van der Waals surface area contributed by atoms with E-state index >= 15 is 0 Å². The van der Waals surface area contributed by atoms with Gasteiger partial charge in [-0.1, -0.05) is 29.8 Å².